The molecule has 0 spiro atoms. The Bertz CT molecular complexity index is 551. The van der Waals surface area contributed by atoms with Crippen molar-refractivity contribution in [3.05, 3.63) is 0 Å². The summed E-state index contributed by atoms with van der Waals surface area (Å²) >= 11 is 0. The average Bonchev–Trinajstić information content (AvgIpc) is 2.79. The topological polar surface area (TPSA) is 0 Å². The fourth-order valence-electron chi connectivity index (χ4n) is 8.55. The van der Waals surface area contributed by atoms with Crippen LogP contribution in [0.4, 0.5) is 0 Å². The first kappa shape index (κ1) is 43.0. The van der Waals surface area contributed by atoms with Crippen molar-refractivity contribution in [3.63, 3.8) is 0 Å². The SMILES string of the molecule is CC(C)CCCC(CC(C)C)C1CCC1.CC(C)CCC[C@@H](CC(C)C)C1CCC1.CC(C)CCC[C@H](CC(C)C)C1CCC1. The molecular weight excluding hydrogens is 540 g/mol. The average molecular weight is 631 g/mol. The van der Waals surface area contributed by atoms with Crippen LogP contribution in [0.2, 0.25) is 0 Å². The normalized spacial score (nSPS) is 19.6. The van der Waals surface area contributed by atoms with E-state index in [2.05, 4.69) is 83.1 Å². The summed E-state index contributed by atoms with van der Waals surface area (Å²) in [5, 5.41) is 0. The van der Waals surface area contributed by atoms with Gasteiger partial charge in [0.05, 0.1) is 0 Å². The molecule has 0 heterocycles. The highest BCUT2D eigenvalue weighted by molar-refractivity contribution is 4.80. The van der Waals surface area contributed by atoms with Crippen molar-refractivity contribution in [2.45, 2.75) is 218 Å². The maximum absolute atomic E-state index is 2.38. The van der Waals surface area contributed by atoms with E-state index in [0.29, 0.717) is 0 Å². The Balaban J connectivity index is 0.000000337. The summed E-state index contributed by atoms with van der Waals surface area (Å²) in [6.07, 6.45) is 31.3. The molecule has 3 aliphatic rings. The molecule has 0 nitrogen and oxygen atoms in total. The highest BCUT2D eigenvalue weighted by atomic mass is 14.3. The van der Waals surface area contributed by atoms with Crippen LogP contribution < -0.4 is 0 Å². The maximum atomic E-state index is 2.38. The lowest BCUT2D eigenvalue weighted by Crippen LogP contribution is -2.23. The smallest absolute Gasteiger partial charge is 0.0383 e. The van der Waals surface area contributed by atoms with E-state index in [0.717, 1.165) is 71.0 Å². The molecule has 0 amide bonds. The van der Waals surface area contributed by atoms with Gasteiger partial charge in [0.2, 0.25) is 0 Å². The first-order valence-electron chi connectivity index (χ1n) is 21.3. The summed E-state index contributed by atoms with van der Waals surface area (Å²) in [7, 11) is 0. The molecule has 3 rings (SSSR count). The Morgan fingerprint density at radius 3 is 0.667 bits per heavy atom. The van der Waals surface area contributed by atoms with Crippen molar-refractivity contribution in [2.75, 3.05) is 0 Å². The van der Waals surface area contributed by atoms with Gasteiger partial charge in [-0.1, -0.05) is 199 Å². The summed E-state index contributed by atoms with van der Waals surface area (Å²) in [6, 6.07) is 0. The first-order valence-corrected chi connectivity index (χ1v) is 21.3. The van der Waals surface area contributed by atoms with E-state index >= 15 is 0 Å². The molecule has 3 aliphatic carbocycles. The van der Waals surface area contributed by atoms with Crippen LogP contribution in [0.3, 0.4) is 0 Å². The molecule has 0 aromatic carbocycles. The summed E-state index contributed by atoms with van der Waals surface area (Å²) in [5.41, 5.74) is 0. The molecule has 0 radical (unpaired) electrons. The van der Waals surface area contributed by atoms with E-state index in [-0.39, 0.29) is 0 Å². The quantitative estimate of drug-likeness (QED) is 0.118. The van der Waals surface area contributed by atoms with E-state index in [9.17, 15) is 0 Å². The van der Waals surface area contributed by atoms with Crippen LogP contribution in [-0.4, -0.2) is 0 Å². The largest absolute Gasteiger partial charge is 0.0628 e. The van der Waals surface area contributed by atoms with E-state index in [4.69, 9.17) is 0 Å². The second-order valence-corrected chi connectivity index (χ2v) is 19.2. The van der Waals surface area contributed by atoms with Crippen molar-refractivity contribution in [2.24, 2.45) is 71.0 Å². The van der Waals surface area contributed by atoms with Gasteiger partial charge in [-0.15, -0.1) is 0 Å². The second kappa shape index (κ2) is 25.0. The fraction of sp³-hybridized carbons (Fsp3) is 1.00. The minimum atomic E-state index is 0.895. The highest BCUT2D eigenvalue weighted by Crippen LogP contribution is 2.41. The minimum absolute atomic E-state index is 0.895. The Morgan fingerprint density at radius 1 is 0.311 bits per heavy atom. The van der Waals surface area contributed by atoms with Crippen LogP contribution in [0, 0.1) is 71.0 Å². The van der Waals surface area contributed by atoms with Gasteiger partial charge in [-0.05, 0) is 90.3 Å². The van der Waals surface area contributed by atoms with Crippen molar-refractivity contribution in [1.29, 1.82) is 0 Å². The van der Waals surface area contributed by atoms with E-state index in [1.54, 1.807) is 0 Å². The molecule has 0 N–H and O–H groups in total. The fourth-order valence-corrected chi connectivity index (χ4v) is 8.55. The standard InChI is InChI=1S/3C15H30/c3*1-12(2)7-5-10-15(11-13(3)4)14-8-6-9-14/h3*12-15H,5-11H2,1-4H3/t2*15-;/m10./s1. The summed E-state index contributed by atoms with van der Waals surface area (Å²) < 4.78 is 0. The molecule has 45 heavy (non-hydrogen) atoms. The molecule has 3 saturated carbocycles. The lowest BCUT2D eigenvalue weighted by Gasteiger charge is -2.35. The second-order valence-electron chi connectivity index (χ2n) is 19.2. The molecule has 0 saturated heterocycles. The lowest BCUT2D eigenvalue weighted by atomic mass is 9.71. The predicted molar refractivity (Wildman–Crippen MR) is 207 cm³/mol. The molecular formula is C45H90. The van der Waals surface area contributed by atoms with Crippen LogP contribution in [-0.2, 0) is 0 Å². The zero-order chi connectivity index (χ0) is 33.8. The summed E-state index contributed by atoms with van der Waals surface area (Å²) in [4.78, 5) is 0. The van der Waals surface area contributed by atoms with Gasteiger partial charge in [0.25, 0.3) is 0 Å². The van der Waals surface area contributed by atoms with Gasteiger partial charge in [-0.2, -0.15) is 0 Å². The van der Waals surface area contributed by atoms with Crippen LogP contribution in [0.1, 0.15) is 218 Å². The highest BCUT2D eigenvalue weighted by Gasteiger charge is 2.29. The third kappa shape index (κ3) is 21.6. The minimum Gasteiger partial charge on any atom is -0.0628 e. The number of rotatable bonds is 21. The summed E-state index contributed by atoms with van der Waals surface area (Å²) in [6.45, 7) is 28.4. The van der Waals surface area contributed by atoms with E-state index in [1.165, 1.54) is 135 Å². The van der Waals surface area contributed by atoms with Gasteiger partial charge in [0, 0.05) is 0 Å². The zero-order valence-electron chi connectivity index (χ0n) is 33.8. The third-order valence-electron chi connectivity index (χ3n) is 11.8. The van der Waals surface area contributed by atoms with Crippen LogP contribution in [0.25, 0.3) is 0 Å². The molecule has 270 valence electrons. The molecule has 0 heteroatoms. The molecule has 1 unspecified atom stereocenters. The zero-order valence-corrected chi connectivity index (χ0v) is 33.8. The third-order valence-corrected chi connectivity index (χ3v) is 11.8. The Labute approximate surface area is 288 Å². The van der Waals surface area contributed by atoms with Gasteiger partial charge >= 0.3 is 0 Å². The lowest BCUT2D eigenvalue weighted by molar-refractivity contribution is 0.166. The van der Waals surface area contributed by atoms with Gasteiger partial charge in [-0.3, -0.25) is 0 Å². The van der Waals surface area contributed by atoms with Crippen molar-refractivity contribution >= 4 is 0 Å². The van der Waals surface area contributed by atoms with Crippen molar-refractivity contribution in [1.82, 2.24) is 0 Å². The van der Waals surface area contributed by atoms with Gasteiger partial charge in [-0.25, -0.2) is 0 Å². The predicted octanol–water partition coefficient (Wildman–Crippen LogP) is 15.8. The number of hydrogen-bond donors (Lipinski definition) is 0. The Hall–Kier alpha value is 0. The first-order chi connectivity index (χ1) is 21.3. The van der Waals surface area contributed by atoms with Crippen LogP contribution in [0.5, 0.6) is 0 Å². The van der Waals surface area contributed by atoms with Crippen molar-refractivity contribution < 1.29 is 0 Å². The van der Waals surface area contributed by atoms with E-state index in [1.807, 2.05) is 0 Å². The summed E-state index contributed by atoms with van der Waals surface area (Å²) in [5.74, 6) is 11.8. The molecule has 3 atom stereocenters. The Morgan fingerprint density at radius 2 is 0.533 bits per heavy atom. The molecule has 3 fully saturated rings. The molecule has 0 aliphatic heterocycles. The molecule has 0 bridgehead atoms. The van der Waals surface area contributed by atoms with Crippen LogP contribution in [0.15, 0.2) is 0 Å². The molecule has 0 aromatic heterocycles. The van der Waals surface area contributed by atoms with E-state index < -0.39 is 0 Å². The maximum Gasteiger partial charge on any atom is -0.0383 e. The Kier molecular flexibility index (Phi) is 23.9. The van der Waals surface area contributed by atoms with Crippen LogP contribution >= 0.6 is 0 Å². The van der Waals surface area contributed by atoms with Gasteiger partial charge in [0.1, 0.15) is 0 Å². The van der Waals surface area contributed by atoms with Gasteiger partial charge in [0.15, 0.2) is 0 Å². The van der Waals surface area contributed by atoms with Gasteiger partial charge < -0.3 is 0 Å². The monoisotopic (exact) mass is 631 g/mol. The van der Waals surface area contributed by atoms with Crippen molar-refractivity contribution in [3.8, 4) is 0 Å². The molecule has 0 aromatic rings. The number of hydrogen-bond acceptors (Lipinski definition) is 0.